The van der Waals surface area contributed by atoms with Crippen LogP contribution in [-0.4, -0.2) is 21.8 Å². The van der Waals surface area contributed by atoms with Crippen molar-refractivity contribution >= 4 is 5.97 Å². The molecular weight excluding hydrogens is 324 g/mol. The molecule has 0 saturated heterocycles. The van der Waals surface area contributed by atoms with E-state index in [1.165, 1.54) is 44.9 Å². The summed E-state index contributed by atoms with van der Waals surface area (Å²) in [4.78, 5) is 11.9. The number of hydrogen-bond acceptors (Lipinski definition) is 2. The van der Waals surface area contributed by atoms with E-state index in [4.69, 9.17) is 0 Å². The fourth-order valence-electron chi connectivity index (χ4n) is 8.63. The van der Waals surface area contributed by atoms with E-state index in [2.05, 4.69) is 13.8 Å². The standard InChI is InChI=1S/C23H38O3/c1-4-23(26,20(24)25)19-11-10-17-16-9-8-15-7-5-6-13-21(15,2)18(16)12-14-22(17,19)3/h15-19,26H,4-14H2,1-3H3,(H,24,25)/t15?,16-,17-,18-,19-,21-,22-,23-/m0/s1. The Bertz CT molecular complexity index is 574. The number of aliphatic carboxylic acids is 1. The number of aliphatic hydroxyl groups is 1. The molecular formula is C23H38O3. The van der Waals surface area contributed by atoms with Gasteiger partial charge in [-0.05, 0) is 92.3 Å². The highest BCUT2D eigenvalue weighted by atomic mass is 16.4. The summed E-state index contributed by atoms with van der Waals surface area (Å²) in [7, 11) is 0. The van der Waals surface area contributed by atoms with Crippen LogP contribution in [0.1, 0.15) is 91.4 Å². The van der Waals surface area contributed by atoms with Crippen LogP contribution in [0.5, 0.6) is 0 Å². The maximum absolute atomic E-state index is 11.9. The molecule has 0 aromatic rings. The van der Waals surface area contributed by atoms with Gasteiger partial charge in [-0.1, -0.05) is 33.6 Å². The van der Waals surface area contributed by atoms with Crippen molar-refractivity contribution in [3.8, 4) is 0 Å². The summed E-state index contributed by atoms with van der Waals surface area (Å²) in [5, 5.41) is 20.8. The fourth-order valence-corrected chi connectivity index (χ4v) is 8.63. The van der Waals surface area contributed by atoms with Crippen LogP contribution >= 0.6 is 0 Å². The summed E-state index contributed by atoms with van der Waals surface area (Å²) in [6.45, 7) is 6.75. The largest absolute Gasteiger partial charge is 0.479 e. The average Bonchev–Trinajstić information content (AvgIpc) is 2.98. The zero-order valence-electron chi connectivity index (χ0n) is 17.0. The number of carboxylic acid groups (broad SMARTS) is 1. The van der Waals surface area contributed by atoms with Crippen molar-refractivity contribution in [3.63, 3.8) is 0 Å². The number of hydrogen-bond donors (Lipinski definition) is 2. The van der Waals surface area contributed by atoms with Gasteiger partial charge in [0.15, 0.2) is 5.60 Å². The van der Waals surface area contributed by atoms with Gasteiger partial charge in [0.2, 0.25) is 0 Å². The zero-order chi connectivity index (χ0) is 18.7. The van der Waals surface area contributed by atoms with Gasteiger partial charge < -0.3 is 10.2 Å². The van der Waals surface area contributed by atoms with Crippen LogP contribution in [0.2, 0.25) is 0 Å². The predicted molar refractivity (Wildman–Crippen MR) is 103 cm³/mol. The Kier molecular flexibility index (Phi) is 4.49. The number of carboxylic acids is 1. The Morgan fingerprint density at radius 3 is 2.38 bits per heavy atom. The second-order valence-corrected chi connectivity index (χ2v) is 10.7. The third-order valence-corrected chi connectivity index (χ3v) is 10.1. The number of fused-ring (bicyclic) bond motifs is 5. The maximum atomic E-state index is 11.9. The first-order valence-corrected chi connectivity index (χ1v) is 11.2. The van der Waals surface area contributed by atoms with Gasteiger partial charge >= 0.3 is 5.97 Å². The summed E-state index contributed by atoms with van der Waals surface area (Å²) < 4.78 is 0. The van der Waals surface area contributed by atoms with Gasteiger partial charge in [0.25, 0.3) is 0 Å². The number of rotatable bonds is 3. The SMILES string of the molecule is CC[C@@](O)(C(=O)O)[C@H]1CC[C@H]2[C@@H]3CCC4CCCC[C@]4(C)[C@H]3CC[C@@]21C. The van der Waals surface area contributed by atoms with E-state index in [-0.39, 0.29) is 11.3 Å². The van der Waals surface area contributed by atoms with E-state index in [9.17, 15) is 15.0 Å². The van der Waals surface area contributed by atoms with Crippen molar-refractivity contribution in [1.82, 2.24) is 0 Å². The molecule has 0 heterocycles. The Balaban J connectivity index is 1.63. The molecule has 2 N–H and O–H groups in total. The second kappa shape index (κ2) is 6.22. The van der Waals surface area contributed by atoms with Crippen molar-refractivity contribution in [2.24, 2.45) is 40.4 Å². The molecule has 8 atom stereocenters. The predicted octanol–water partition coefficient (Wildman–Crippen LogP) is 5.26. The van der Waals surface area contributed by atoms with Crippen LogP contribution in [-0.2, 0) is 4.79 Å². The van der Waals surface area contributed by atoms with Gasteiger partial charge in [0.05, 0.1) is 0 Å². The summed E-state index contributed by atoms with van der Waals surface area (Å²) in [5.41, 5.74) is -1.01. The lowest BCUT2D eigenvalue weighted by Crippen LogP contribution is -2.56. The molecule has 3 nitrogen and oxygen atoms in total. The average molecular weight is 363 g/mol. The van der Waals surface area contributed by atoms with Crippen LogP contribution in [0.3, 0.4) is 0 Å². The van der Waals surface area contributed by atoms with E-state index in [0.29, 0.717) is 17.8 Å². The molecule has 26 heavy (non-hydrogen) atoms. The molecule has 1 unspecified atom stereocenters. The van der Waals surface area contributed by atoms with Gasteiger partial charge in [-0.2, -0.15) is 0 Å². The van der Waals surface area contributed by atoms with E-state index >= 15 is 0 Å². The molecule has 0 aromatic carbocycles. The van der Waals surface area contributed by atoms with Crippen LogP contribution in [0.4, 0.5) is 0 Å². The van der Waals surface area contributed by atoms with Gasteiger partial charge in [-0.15, -0.1) is 0 Å². The van der Waals surface area contributed by atoms with Gasteiger partial charge in [0.1, 0.15) is 0 Å². The molecule has 0 radical (unpaired) electrons. The van der Waals surface area contributed by atoms with Gasteiger partial charge in [-0.3, -0.25) is 0 Å². The normalized spacial score (nSPS) is 50.2. The minimum Gasteiger partial charge on any atom is -0.479 e. The molecule has 3 heteroatoms. The van der Waals surface area contributed by atoms with Crippen LogP contribution in [0.25, 0.3) is 0 Å². The highest BCUT2D eigenvalue weighted by molar-refractivity contribution is 5.77. The van der Waals surface area contributed by atoms with Crippen LogP contribution in [0, 0.1) is 40.4 Å². The first-order valence-electron chi connectivity index (χ1n) is 11.2. The molecule has 4 aliphatic rings. The molecule has 0 amide bonds. The van der Waals surface area contributed by atoms with Crippen molar-refractivity contribution in [3.05, 3.63) is 0 Å². The lowest BCUT2D eigenvalue weighted by Gasteiger charge is -2.61. The first-order chi connectivity index (χ1) is 12.3. The van der Waals surface area contributed by atoms with Crippen LogP contribution < -0.4 is 0 Å². The highest BCUT2D eigenvalue weighted by Gasteiger charge is 2.63. The maximum Gasteiger partial charge on any atom is 0.335 e. The fraction of sp³-hybridized carbons (Fsp3) is 0.957. The zero-order valence-corrected chi connectivity index (χ0v) is 17.0. The topological polar surface area (TPSA) is 57.5 Å². The van der Waals surface area contributed by atoms with Gasteiger partial charge in [0, 0.05) is 5.92 Å². The molecule has 4 aliphatic carbocycles. The molecule has 0 spiro atoms. The lowest BCUT2D eigenvalue weighted by molar-refractivity contribution is -0.178. The van der Waals surface area contributed by atoms with E-state index in [1.54, 1.807) is 0 Å². The molecule has 0 bridgehead atoms. The molecule has 148 valence electrons. The highest BCUT2D eigenvalue weighted by Crippen LogP contribution is 2.68. The van der Waals surface area contributed by atoms with E-state index in [0.717, 1.165) is 37.0 Å². The smallest absolute Gasteiger partial charge is 0.335 e. The minimum atomic E-state index is -1.54. The quantitative estimate of drug-likeness (QED) is 0.720. The minimum absolute atomic E-state index is 0.00216. The molecule has 4 fully saturated rings. The third-order valence-electron chi connectivity index (χ3n) is 10.1. The van der Waals surface area contributed by atoms with Crippen molar-refractivity contribution in [2.45, 2.75) is 97.0 Å². The van der Waals surface area contributed by atoms with E-state index < -0.39 is 11.6 Å². The third kappa shape index (κ3) is 2.38. The first kappa shape index (κ1) is 18.8. The Labute approximate surface area is 158 Å². The molecule has 0 aromatic heterocycles. The van der Waals surface area contributed by atoms with Gasteiger partial charge in [-0.25, -0.2) is 4.79 Å². The molecule has 4 saturated carbocycles. The summed E-state index contributed by atoms with van der Waals surface area (Å²) in [6.07, 6.45) is 13.1. The Morgan fingerprint density at radius 1 is 0.962 bits per heavy atom. The lowest BCUT2D eigenvalue weighted by atomic mass is 9.44. The van der Waals surface area contributed by atoms with Crippen molar-refractivity contribution in [1.29, 1.82) is 0 Å². The number of carbonyl (C=O) groups is 1. The van der Waals surface area contributed by atoms with Crippen molar-refractivity contribution in [2.75, 3.05) is 0 Å². The monoisotopic (exact) mass is 362 g/mol. The molecule has 0 aliphatic heterocycles. The Hall–Kier alpha value is -0.570. The molecule has 4 rings (SSSR count). The summed E-state index contributed by atoms with van der Waals surface area (Å²) in [5.74, 6) is 2.04. The Morgan fingerprint density at radius 2 is 1.69 bits per heavy atom. The summed E-state index contributed by atoms with van der Waals surface area (Å²) >= 11 is 0. The van der Waals surface area contributed by atoms with Crippen LogP contribution in [0.15, 0.2) is 0 Å². The summed E-state index contributed by atoms with van der Waals surface area (Å²) in [6, 6.07) is 0. The van der Waals surface area contributed by atoms with E-state index in [1.807, 2.05) is 6.92 Å². The second-order valence-electron chi connectivity index (χ2n) is 10.7. The van der Waals surface area contributed by atoms with Crippen molar-refractivity contribution < 1.29 is 15.0 Å².